The molecule has 4 heteroatoms. The Morgan fingerprint density at radius 2 is 1.45 bits per heavy atom. The fourth-order valence-corrected chi connectivity index (χ4v) is 9.31. The summed E-state index contributed by atoms with van der Waals surface area (Å²) in [6.45, 7) is 13.4. The van der Waals surface area contributed by atoms with E-state index in [2.05, 4.69) is 81.4 Å². The number of carbonyl (C=O) groups is 1. The van der Waals surface area contributed by atoms with Gasteiger partial charge in [0, 0.05) is 12.7 Å². The molecule has 2 aromatic carbocycles. The van der Waals surface area contributed by atoms with Crippen molar-refractivity contribution in [3.8, 4) is 0 Å². The van der Waals surface area contributed by atoms with Gasteiger partial charge in [0.15, 0.2) is 0 Å². The molecule has 0 heterocycles. The Kier molecular flexibility index (Phi) is 8.02. The third kappa shape index (κ3) is 6.67. The van der Waals surface area contributed by atoms with Gasteiger partial charge in [-0.3, -0.25) is 0 Å². The van der Waals surface area contributed by atoms with Crippen LogP contribution in [0.25, 0.3) is 0 Å². The summed E-state index contributed by atoms with van der Waals surface area (Å²) in [5, 5.41) is 2.68. The van der Waals surface area contributed by atoms with Crippen molar-refractivity contribution >= 4 is 24.7 Å². The number of hydrogen-bond acceptors (Lipinski definition) is 3. The van der Waals surface area contributed by atoms with Crippen LogP contribution in [0, 0.1) is 11.8 Å². The van der Waals surface area contributed by atoms with Gasteiger partial charge in [0.2, 0.25) is 0 Å². The molecule has 0 radical (unpaired) electrons. The average Bonchev–Trinajstić information content (AvgIpc) is 3.49. The van der Waals surface area contributed by atoms with Gasteiger partial charge in [0.05, 0.1) is 0 Å². The number of carbonyl (C=O) groups excluding carboxylic acids is 1. The van der Waals surface area contributed by atoms with Gasteiger partial charge < -0.3 is 9.16 Å². The molecule has 0 saturated heterocycles. The maximum Gasteiger partial charge on any atom is 0.330 e. The number of ether oxygens (including phenoxy) is 1. The molecule has 33 heavy (non-hydrogen) atoms. The van der Waals surface area contributed by atoms with Gasteiger partial charge in [-0.25, -0.2) is 4.79 Å². The van der Waals surface area contributed by atoms with Gasteiger partial charge in [0.25, 0.3) is 8.32 Å². The molecule has 1 aliphatic carbocycles. The first-order valence-corrected chi connectivity index (χ1v) is 14.1. The van der Waals surface area contributed by atoms with Crippen LogP contribution in [0.2, 0.25) is 5.04 Å². The first kappa shape index (κ1) is 25.4. The number of hydrogen-bond donors (Lipinski definition) is 0. The third-order valence-corrected chi connectivity index (χ3v) is 11.4. The van der Waals surface area contributed by atoms with Crippen molar-refractivity contribution in [3.05, 3.63) is 72.8 Å². The summed E-state index contributed by atoms with van der Waals surface area (Å²) in [7, 11) is -2.45. The molecular weight excluding hydrogens is 424 g/mol. The minimum Gasteiger partial charge on any atom is -0.457 e. The van der Waals surface area contributed by atoms with E-state index in [0.29, 0.717) is 11.8 Å². The highest BCUT2D eigenvalue weighted by Crippen LogP contribution is 2.44. The normalized spacial score (nSPS) is 19.0. The molecule has 178 valence electrons. The average molecular weight is 465 g/mol. The lowest BCUT2D eigenvalue weighted by molar-refractivity contribution is -0.148. The lowest BCUT2D eigenvalue weighted by atomic mass is 10.2. The molecule has 1 saturated carbocycles. The van der Waals surface area contributed by atoms with Crippen molar-refractivity contribution in [3.63, 3.8) is 0 Å². The van der Waals surface area contributed by atoms with Crippen LogP contribution in [0.3, 0.4) is 0 Å². The molecule has 0 N–H and O–H groups in total. The summed E-state index contributed by atoms with van der Waals surface area (Å²) in [6.07, 6.45) is 6.72. The summed E-state index contributed by atoms with van der Waals surface area (Å²) >= 11 is 0. The molecule has 0 aromatic heterocycles. The number of esters is 1. The Morgan fingerprint density at radius 1 is 0.909 bits per heavy atom. The van der Waals surface area contributed by atoms with Crippen LogP contribution in [0.15, 0.2) is 72.8 Å². The van der Waals surface area contributed by atoms with Crippen LogP contribution in [0.5, 0.6) is 0 Å². The van der Waals surface area contributed by atoms with Gasteiger partial charge >= 0.3 is 5.97 Å². The molecule has 0 amide bonds. The Morgan fingerprint density at radius 3 is 1.94 bits per heavy atom. The molecule has 2 atom stereocenters. The largest absolute Gasteiger partial charge is 0.457 e. The zero-order valence-electron chi connectivity index (χ0n) is 21.1. The van der Waals surface area contributed by atoms with Crippen molar-refractivity contribution in [2.45, 2.75) is 71.4 Å². The van der Waals surface area contributed by atoms with E-state index in [0.717, 1.165) is 19.4 Å². The van der Waals surface area contributed by atoms with E-state index in [1.54, 1.807) is 6.08 Å². The van der Waals surface area contributed by atoms with E-state index in [-0.39, 0.29) is 11.0 Å². The lowest BCUT2D eigenvalue weighted by Crippen LogP contribution is -2.66. The van der Waals surface area contributed by atoms with Crippen LogP contribution in [0.4, 0.5) is 0 Å². The van der Waals surface area contributed by atoms with Gasteiger partial charge in [-0.05, 0) is 67.3 Å². The number of rotatable bonds is 9. The maximum absolute atomic E-state index is 11.8. The molecular formula is C29H40O3Si. The second kappa shape index (κ2) is 10.4. The van der Waals surface area contributed by atoms with E-state index in [4.69, 9.17) is 9.16 Å². The first-order chi connectivity index (χ1) is 15.5. The predicted molar refractivity (Wildman–Crippen MR) is 139 cm³/mol. The second-order valence-corrected chi connectivity index (χ2v) is 15.5. The highest BCUT2D eigenvalue weighted by molar-refractivity contribution is 6.99. The molecule has 0 aliphatic heterocycles. The number of allylic oxidation sites excluding steroid dienone is 1. The third-order valence-electron chi connectivity index (χ3n) is 6.36. The Balaban J connectivity index is 1.65. The second-order valence-electron chi connectivity index (χ2n) is 11.2. The molecule has 2 aromatic rings. The van der Waals surface area contributed by atoms with Crippen LogP contribution < -0.4 is 10.4 Å². The monoisotopic (exact) mass is 464 g/mol. The summed E-state index contributed by atoms with van der Waals surface area (Å²) in [5.74, 6) is 1.01. The quantitative estimate of drug-likeness (QED) is 0.264. The van der Waals surface area contributed by atoms with E-state index < -0.39 is 13.9 Å². The van der Waals surface area contributed by atoms with Crippen molar-refractivity contribution in [1.29, 1.82) is 0 Å². The molecule has 3 rings (SSSR count). The van der Waals surface area contributed by atoms with E-state index >= 15 is 0 Å². The molecule has 0 spiro atoms. The minimum atomic E-state index is -2.45. The number of benzene rings is 2. The SMILES string of the molecule is CC(C)(C)OC(=O)/C=C/CC[C@@H]1C[C@@H]1CO[Si](c1ccccc1)(c1ccccc1)C(C)(C)C. The van der Waals surface area contributed by atoms with Crippen molar-refractivity contribution in [1.82, 2.24) is 0 Å². The van der Waals surface area contributed by atoms with Gasteiger partial charge in [-0.1, -0.05) is 87.5 Å². The summed E-state index contributed by atoms with van der Waals surface area (Å²) in [6, 6.07) is 21.7. The molecule has 0 unspecified atom stereocenters. The Hall–Kier alpha value is -2.17. The van der Waals surface area contributed by atoms with Gasteiger partial charge in [-0.2, -0.15) is 0 Å². The van der Waals surface area contributed by atoms with Gasteiger partial charge in [-0.15, -0.1) is 0 Å². The molecule has 1 fully saturated rings. The van der Waals surface area contributed by atoms with Crippen LogP contribution >= 0.6 is 0 Å². The maximum atomic E-state index is 11.8. The standard InChI is InChI=1S/C29H40O3Si/c1-28(2,3)32-27(30)20-14-13-15-23-21-24(23)22-31-33(29(4,5)6,25-16-9-7-10-17-25)26-18-11-8-12-19-26/h7-12,14,16-20,23-24H,13,15,21-22H2,1-6H3/b20-14+/t23-,24-/m1/s1. The van der Waals surface area contributed by atoms with Crippen molar-refractivity contribution < 1.29 is 14.0 Å². The Labute approximate surface area is 201 Å². The fraction of sp³-hybridized carbons (Fsp3) is 0.483. The molecule has 0 bridgehead atoms. The van der Waals surface area contributed by atoms with Crippen molar-refractivity contribution in [2.24, 2.45) is 11.8 Å². The van der Waals surface area contributed by atoms with Crippen molar-refractivity contribution in [2.75, 3.05) is 6.61 Å². The van der Waals surface area contributed by atoms with Gasteiger partial charge in [0.1, 0.15) is 5.60 Å². The molecule has 3 nitrogen and oxygen atoms in total. The van der Waals surface area contributed by atoms with E-state index in [1.807, 2.05) is 26.8 Å². The highest BCUT2D eigenvalue weighted by Gasteiger charge is 2.51. The predicted octanol–water partition coefficient (Wildman–Crippen LogP) is 5.88. The zero-order chi connectivity index (χ0) is 24.1. The highest BCUT2D eigenvalue weighted by atomic mass is 28.4. The first-order valence-electron chi connectivity index (χ1n) is 12.2. The smallest absolute Gasteiger partial charge is 0.330 e. The minimum absolute atomic E-state index is 0.0102. The zero-order valence-corrected chi connectivity index (χ0v) is 22.1. The van der Waals surface area contributed by atoms with Crippen LogP contribution in [0.1, 0.15) is 60.8 Å². The molecule has 1 aliphatic rings. The van der Waals surface area contributed by atoms with Crippen LogP contribution in [-0.2, 0) is 14.0 Å². The van der Waals surface area contributed by atoms with E-state index in [9.17, 15) is 4.79 Å². The summed E-state index contributed by atoms with van der Waals surface area (Å²) in [4.78, 5) is 11.8. The fourth-order valence-electron chi connectivity index (χ4n) is 4.69. The summed E-state index contributed by atoms with van der Waals surface area (Å²) in [5.41, 5.74) is -0.443. The summed E-state index contributed by atoms with van der Waals surface area (Å²) < 4.78 is 12.4. The van der Waals surface area contributed by atoms with Crippen LogP contribution in [-0.4, -0.2) is 26.5 Å². The topological polar surface area (TPSA) is 35.5 Å². The lowest BCUT2D eigenvalue weighted by Gasteiger charge is -2.43. The van der Waals surface area contributed by atoms with E-state index in [1.165, 1.54) is 16.8 Å². The Bertz CT molecular complexity index is 883.